The SMILES string of the molecule is C#CCn1/c(=N/S(=O)(=O)c2ccc(Cl)cc2)sc2cc(OC)ccc21. The van der Waals surface area contributed by atoms with Gasteiger partial charge in [-0.25, -0.2) is 0 Å². The van der Waals surface area contributed by atoms with Gasteiger partial charge in [0.25, 0.3) is 10.0 Å². The van der Waals surface area contributed by atoms with Gasteiger partial charge in [0.05, 0.1) is 28.8 Å². The number of methoxy groups -OCH3 is 1. The highest BCUT2D eigenvalue weighted by Crippen LogP contribution is 2.24. The molecule has 0 unspecified atom stereocenters. The van der Waals surface area contributed by atoms with E-state index in [1.807, 2.05) is 12.1 Å². The fraction of sp³-hybridized carbons (Fsp3) is 0.118. The standard InChI is InChI=1S/C17H13ClN2O3S2/c1-3-10-20-15-9-6-13(23-2)11-16(15)24-17(20)19-25(21,22)14-7-4-12(18)5-8-14/h1,4-9,11H,10H2,2H3/b19-17-. The summed E-state index contributed by atoms with van der Waals surface area (Å²) in [7, 11) is -2.31. The third kappa shape index (κ3) is 3.56. The second-order valence-electron chi connectivity index (χ2n) is 5.03. The molecule has 0 bridgehead atoms. The van der Waals surface area contributed by atoms with Gasteiger partial charge in [-0.2, -0.15) is 8.42 Å². The molecule has 5 nitrogen and oxygen atoms in total. The normalized spacial score (nSPS) is 12.3. The zero-order valence-corrected chi connectivity index (χ0v) is 15.5. The van der Waals surface area contributed by atoms with Crippen LogP contribution in [-0.2, 0) is 16.6 Å². The molecule has 0 saturated carbocycles. The molecule has 0 aliphatic carbocycles. The summed E-state index contributed by atoms with van der Waals surface area (Å²) in [5, 5.41) is 0.454. The van der Waals surface area contributed by atoms with Crippen LogP contribution in [0.15, 0.2) is 51.8 Å². The smallest absolute Gasteiger partial charge is 0.285 e. The Balaban J connectivity index is 2.22. The van der Waals surface area contributed by atoms with Crippen LogP contribution in [0.4, 0.5) is 0 Å². The second-order valence-corrected chi connectivity index (χ2v) is 8.08. The number of rotatable bonds is 4. The van der Waals surface area contributed by atoms with E-state index in [9.17, 15) is 8.42 Å². The molecule has 3 aromatic rings. The first-order valence-electron chi connectivity index (χ1n) is 7.12. The van der Waals surface area contributed by atoms with Crippen molar-refractivity contribution in [1.82, 2.24) is 4.57 Å². The molecule has 8 heteroatoms. The average Bonchev–Trinajstić information content (AvgIpc) is 2.91. The highest BCUT2D eigenvalue weighted by molar-refractivity contribution is 7.90. The lowest BCUT2D eigenvalue weighted by Gasteiger charge is -2.02. The summed E-state index contributed by atoms with van der Waals surface area (Å²) in [5.41, 5.74) is 0.800. The molecular weight excluding hydrogens is 380 g/mol. The Bertz CT molecular complexity index is 1140. The summed E-state index contributed by atoms with van der Waals surface area (Å²) in [6.07, 6.45) is 5.43. The summed E-state index contributed by atoms with van der Waals surface area (Å²) in [5.74, 6) is 3.21. The highest BCUT2D eigenvalue weighted by atomic mass is 35.5. The first-order valence-corrected chi connectivity index (χ1v) is 9.75. The van der Waals surface area contributed by atoms with Crippen LogP contribution in [0.25, 0.3) is 10.2 Å². The number of nitrogens with zero attached hydrogens (tertiary/aromatic N) is 2. The van der Waals surface area contributed by atoms with E-state index in [2.05, 4.69) is 10.3 Å². The van der Waals surface area contributed by atoms with Gasteiger partial charge in [0, 0.05) is 5.02 Å². The van der Waals surface area contributed by atoms with Crippen molar-refractivity contribution >= 4 is 43.2 Å². The number of benzene rings is 2. The first-order chi connectivity index (χ1) is 11.9. The quantitative estimate of drug-likeness (QED) is 0.640. The Labute approximate surface area is 154 Å². The molecule has 0 N–H and O–H groups in total. The summed E-state index contributed by atoms with van der Waals surface area (Å²) < 4.78 is 36.9. The predicted molar refractivity (Wildman–Crippen MR) is 99.4 cm³/mol. The minimum atomic E-state index is -3.88. The molecular formula is C17H13ClN2O3S2. The van der Waals surface area contributed by atoms with E-state index in [-0.39, 0.29) is 11.4 Å². The maximum absolute atomic E-state index is 12.6. The van der Waals surface area contributed by atoms with Gasteiger partial charge in [-0.05, 0) is 42.5 Å². The lowest BCUT2D eigenvalue weighted by atomic mass is 10.3. The fourth-order valence-corrected chi connectivity index (χ4v) is 4.64. The minimum Gasteiger partial charge on any atom is -0.497 e. The van der Waals surface area contributed by atoms with Crippen LogP contribution in [0.1, 0.15) is 0 Å². The highest BCUT2D eigenvalue weighted by Gasteiger charge is 2.15. The summed E-state index contributed by atoms with van der Waals surface area (Å²) in [6, 6.07) is 11.3. The summed E-state index contributed by atoms with van der Waals surface area (Å²) in [6.45, 7) is 0.210. The van der Waals surface area contributed by atoms with Gasteiger partial charge >= 0.3 is 0 Å². The maximum Gasteiger partial charge on any atom is 0.285 e. The largest absolute Gasteiger partial charge is 0.497 e. The van der Waals surface area contributed by atoms with E-state index in [0.717, 1.165) is 10.2 Å². The van der Waals surface area contributed by atoms with E-state index in [0.29, 0.717) is 15.6 Å². The summed E-state index contributed by atoms with van der Waals surface area (Å²) >= 11 is 7.04. The van der Waals surface area contributed by atoms with Gasteiger partial charge in [-0.1, -0.05) is 28.9 Å². The monoisotopic (exact) mass is 392 g/mol. The van der Waals surface area contributed by atoms with Crippen LogP contribution in [0.3, 0.4) is 0 Å². The molecule has 1 aromatic heterocycles. The first kappa shape index (κ1) is 17.5. The number of thiazole rings is 1. The number of ether oxygens (including phenoxy) is 1. The zero-order chi connectivity index (χ0) is 18.0. The zero-order valence-electron chi connectivity index (χ0n) is 13.1. The van der Waals surface area contributed by atoms with Crippen molar-refractivity contribution in [1.29, 1.82) is 0 Å². The average molecular weight is 393 g/mol. The number of aromatic nitrogens is 1. The van der Waals surface area contributed by atoms with Gasteiger partial charge in [0.1, 0.15) is 5.75 Å². The van der Waals surface area contributed by atoms with E-state index >= 15 is 0 Å². The number of fused-ring (bicyclic) bond motifs is 1. The predicted octanol–water partition coefficient (Wildman–Crippen LogP) is 3.29. The van der Waals surface area contributed by atoms with Gasteiger partial charge in [-0.15, -0.1) is 10.8 Å². The van der Waals surface area contributed by atoms with Crippen molar-refractivity contribution in [3.63, 3.8) is 0 Å². The molecule has 0 saturated heterocycles. The van der Waals surface area contributed by atoms with Gasteiger partial charge in [-0.3, -0.25) is 0 Å². The molecule has 0 fully saturated rings. The van der Waals surface area contributed by atoms with Crippen LogP contribution in [0, 0.1) is 12.3 Å². The Hall–Kier alpha value is -2.27. The van der Waals surface area contributed by atoms with Crippen molar-refractivity contribution in [2.75, 3.05) is 7.11 Å². The lowest BCUT2D eigenvalue weighted by Crippen LogP contribution is -2.16. The van der Waals surface area contributed by atoms with Crippen LogP contribution in [0.2, 0.25) is 5.02 Å². The summed E-state index contributed by atoms with van der Waals surface area (Å²) in [4.78, 5) is 0.371. The number of sulfonamides is 1. The van der Waals surface area contributed by atoms with Gasteiger partial charge in [0.2, 0.25) is 4.80 Å². The Morgan fingerprint density at radius 1 is 1.28 bits per heavy atom. The van der Waals surface area contributed by atoms with E-state index < -0.39 is 10.0 Å². The Morgan fingerprint density at radius 2 is 2.00 bits per heavy atom. The molecule has 0 radical (unpaired) electrons. The molecule has 0 amide bonds. The molecule has 0 spiro atoms. The van der Waals surface area contributed by atoms with Crippen LogP contribution in [-0.4, -0.2) is 20.1 Å². The number of terminal acetylenes is 1. The van der Waals surface area contributed by atoms with Crippen LogP contribution in [0.5, 0.6) is 5.75 Å². The second kappa shape index (κ2) is 6.92. The van der Waals surface area contributed by atoms with Crippen molar-refractivity contribution in [3.05, 3.63) is 52.3 Å². The minimum absolute atomic E-state index is 0.0687. The molecule has 1 heterocycles. The molecule has 2 aromatic carbocycles. The molecule has 128 valence electrons. The van der Waals surface area contributed by atoms with Crippen molar-refractivity contribution in [2.45, 2.75) is 11.4 Å². The maximum atomic E-state index is 12.6. The van der Waals surface area contributed by atoms with Crippen LogP contribution < -0.4 is 9.54 Å². The van der Waals surface area contributed by atoms with E-state index in [1.165, 1.54) is 35.6 Å². The molecule has 3 rings (SSSR count). The Kier molecular flexibility index (Phi) is 4.86. The molecule has 0 aliphatic heterocycles. The van der Waals surface area contributed by atoms with E-state index in [4.69, 9.17) is 22.8 Å². The number of hydrogen-bond donors (Lipinski definition) is 0. The molecule has 0 atom stereocenters. The van der Waals surface area contributed by atoms with Crippen LogP contribution >= 0.6 is 22.9 Å². The number of hydrogen-bond acceptors (Lipinski definition) is 4. The van der Waals surface area contributed by atoms with Gasteiger partial charge < -0.3 is 9.30 Å². The number of halogens is 1. The van der Waals surface area contributed by atoms with Gasteiger partial charge in [0.15, 0.2) is 0 Å². The van der Waals surface area contributed by atoms with Crippen molar-refractivity contribution in [3.8, 4) is 18.1 Å². The molecule has 0 aliphatic rings. The third-order valence-corrected chi connectivity index (χ3v) is 6.14. The topological polar surface area (TPSA) is 60.7 Å². The fourth-order valence-electron chi connectivity index (χ4n) is 2.26. The van der Waals surface area contributed by atoms with Crippen molar-refractivity contribution in [2.24, 2.45) is 4.40 Å². The molecule has 25 heavy (non-hydrogen) atoms. The third-order valence-electron chi connectivity index (χ3n) is 3.45. The van der Waals surface area contributed by atoms with Crippen molar-refractivity contribution < 1.29 is 13.2 Å². The van der Waals surface area contributed by atoms with E-state index in [1.54, 1.807) is 17.7 Å². The lowest BCUT2D eigenvalue weighted by molar-refractivity contribution is 0.415. The Morgan fingerprint density at radius 3 is 2.64 bits per heavy atom.